The van der Waals surface area contributed by atoms with Crippen molar-refractivity contribution >= 4 is 13.3 Å². The summed E-state index contributed by atoms with van der Waals surface area (Å²) < 4.78 is 0.202. The van der Waals surface area contributed by atoms with Gasteiger partial charge in [-0.2, -0.15) is 0 Å². The molecule has 0 spiro atoms. The largest absolute Gasteiger partial charge is 1.00 e. The van der Waals surface area contributed by atoms with Gasteiger partial charge in [0.05, 0.1) is 0 Å². The third-order valence-corrected chi connectivity index (χ3v) is 14.5. The first-order chi connectivity index (χ1) is 11.7. The zero-order valence-electron chi connectivity index (χ0n) is 15.8. The molecule has 1 aliphatic carbocycles. The fourth-order valence-corrected chi connectivity index (χ4v) is 11.9. The average Bonchev–Trinajstić information content (AvgIpc) is 3.00. The van der Waals surface area contributed by atoms with E-state index in [2.05, 4.69) is 113 Å². The molecule has 0 heterocycles. The van der Waals surface area contributed by atoms with Crippen LogP contribution in [0.15, 0.2) is 84.5 Å². The van der Waals surface area contributed by atoms with Gasteiger partial charge in [-0.3, -0.25) is 0 Å². The third kappa shape index (κ3) is 5.02. The van der Waals surface area contributed by atoms with Crippen LogP contribution in [-0.2, 0) is 26.9 Å². The average molecular weight is 472 g/mol. The van der Waals surface area contributed by atoms with E-state index >= 15 is 0 Å². The zero-order valence-corrected chi connectivity index (χ0v) is 20.6. The summed E-state index contributed by atoms with van der Waals surface area (Å²) in [6.45, 7) is 4.81. The Hall–Kier alpha value is -0.279. The van der Waals surface area contributed by atoms with Crippen LogP contribution in [-0.4, -0.2) is 8.07 Å². The first-order valence-corrected chi connectivity index (χ1v) is 12.1. The van der Waals surface area contributed by atoms with Crippen molar-refractivity contribution in [2.45, 2.75) is 35.7 Å². The molecule has 0 amide bonds. The molecule has 0 radical (unpaired) electrons. The van der Waals surface area contributed by atoms with Crippen LogP contribution in [0, 0.1) is 0 Å². The van der Waals surface area contributed by atoms with Crippen LogP contribution < -0.4 is 42.4 Å². The Morgan fingerprint density at radius 1 is 0.815 bits per heavy atom. The molecular weight excluding hydrogens is 447 g/mol. The van der Waals surface area contributed by atoms with Gasteiger partial charge in [-0.15, -0.1) is 0 Å². The Balaban J connectivity index is 0.00000225. The first-order valence-electron chi connectivity index (χ1n) is 8.89. The van der Waals surface area contributed by atoms with Crippen molar-refractivity contribution in [3.05, 3.63) is 90.0 Å². The van der Waals surface area contributed by atoms with E-state index in [4.69, 9.17) is 0 Å². The molecule has 3 rings (SSSR count). The van der Waals surface area contributed by atoms with Gasteiger partial charge >= 0.3 is 159 Å². The Morgan fingerprint density at radius 2 is 1.33 bits per heavy atom. The molecule has 1 atom stereocenters. The predicted molar refractivity (Wildman–Crippen MR) is 103 cm³/mol. The van der Waals surface area contributed by atoms with Gasteiger partial charge in [0.25, 0.3) is 0 Å². The molecule has 1 aliphatic rings. The maximum absolute atomic E-state index is 2.50. The first kappa shape index (κ1) is 26.7. The number of halogens is 3. The normalized spacial score (nSPS) is 18.0. The van der Waals surface area contributed by atoms with Crippen molar-refractivity contribution in [2.24, 2.45) is 0 Å². The second-order valence-corrected chi connectivity index (χ2v) is 13.6. The van der Waals surface area contributed by atoms with Crippen LogP contribution in [0.3, 0.4) is 0 Å². The molecule has 0 saturated heterocycles. The zero-order chi connectivity index (χ0) is 17.0. The molecule has 0 aromatic heterocycles. The standard InChI is InChI=1S/C22H25Si.3ClH.Ti/c1-3-23(4-2,21-15-9-6-10-16-21)22-17-11-14-20(22)18-19-12-7-5-8-13-19;;;;/h5-17H,3-4,18H2,1-2H3;3*1H;/q;;;;+3/p-3. The molecule has 142 valence electrons. The molecule has 0 bridgehead atoms. The van der Waals surface area contributed by atoms with Gasteiger partial charge < -0.3 is 37.2 Å². The number of allylic oxidation sites excluding steroid dienone is 4. The molecule has 2 aromatic carbocycles. The minimum atomic E-state index is -1.68. The molecule has 2 aromatic rings. The fourth-order valence-electron chi connectivity index (χ4n) is 4.23. The topological polar surface area (TPSA) is 0 Å². The summed E-state index contributed by atoms with van der Waals surface area (Å²) in [5, 5.41) is 1.60. The van der Waals surface area contributed by atoms with Gasteiger partial charge in [-0.05, 0) is 0 Å². The van der Waals surface area contributed by atoms with Crippen LogP contribution in [0.4, 0.5) is 0 Å². The van der Waals surface area contributed by atoms with E-state index < -0.39 is 8.07 Å². The third-order valence-electron chi connectivity index (χ3n) is 5.68. The Morgan fingerprint density at radius 3 is 1.85 bits per heavy atom. The SMILES string of the molecule is CC[Si](CC)(c1ccccc1)[C]1([Ti+3])C=CC=C1Cc1ccccc1.[Cl-].[Cl-].[Cl-]. The van der Waals surface area contributed by atoms with E-state index in [1.807, 2.05) is 0 Å². The van der Waals surface area contributed by atoms with E-state index in [0.29, 0.717) is 0 Å². The number of rotatable bonds is 6. The van der Waals surface area contributed by atoms with Gasteiger partial charge in [0.2, 0.25) is 0 Å². The van der Waals surface area contributed by atoms with E-state index in [1.165, 1.54) is 17.7 Å². The van der Waals surface area contributed by atoms with E-state index in [-0.39, 0.29) is 40.6 Å². The van der Waals surface area contributed by atoms with E-state index in [9.17, 15) is 0 Å². The summed E-state index contributed by atoms with van der Waals surface area (Å²) in [7, 11) is -1.68. The fraction of sp³-hybridized carbons (Fsp3) is 0.273. The van der Waals surface area contributed by atoms with Crippen molar-refractivity contribution in [3.8, 4) is 0 Å². The summed E-state index contributed by atoms with van der Waals surface area (Å²) in [5.74, 6) is 0. The molecule has 0 saturated carbocycles. The van der Waals surface area contributed by atoms with Crippen molar-refractivity contribution in [1.82, 2.24) is 0 Å². The summed E-state index contributed by atoms with van der Waals surface area (Å²) in [5.41, 5.74) is 3.01. The summed E-state index contributed by atoms with van der Waals surface area (Å²) in [4.78, 5) is 0. The van der Waals surface area contributed by atoms with Crippen LogP contribution in [0.2, 0.25) is 15.4 Å². The number of hydrogen-bond acceptors (Lipinski definition) is 0. The van der Waals surface area contributed by atoms with Gasteiger partial charge in [-0.25, -0.2) is 0 Å². The second kappa shape index (κ2) is 11.7. The summed E-state index contributed by atoms with van der Waals surface area (Å²) in [6, 6.07) is 24.8. The van der Waals surface area contributed by atoms with Gasteiger partial charge in [0.1, 0.15) is 0 Å². The van der Waals surface area contributed by atoms with Crippen LogP contribution in [0.5, 0.6) is 0 Å². The molecule has 27 heavy (non-hydrogen) atoms. The maximum atomic E-state index is 2.50. The molecule has 1 unspecified atom stereocenters. The van der Waals surface area contributed by atoms with Gasteiger partial charge in [0, 0.05) is 0 Å². The van der Waals surface area contributed by atoms with Crippen molar-refractivity contribution in [1.29, 1.82) is 0 Å². The van der Waals surface area contributed by atoms with Crippen LogP contribution in [0.1, 0.15) is 19.4 Å². The second-order valence-electron chi connectivity index (χ2n) is 6.68. The summed E-state index contributed by atoms with van der Waals surface area (Å²) >= 11 is 2.50. The van der Waals surface area contributed by atoms with E-state index in [0.717, 1.165) is 6.42 Å². The molecule has 0 aliphatic heterocycles. The summed E-state index contributed by atoms with van der Waals surface area (Å²) in [6.07, 6.45) is 8.24. The predicted octanol–water partition coefficient (Wildman–Crippen LogP) is -3.62. The van der Waals surface area contributed by atoms with Gasteiger partial charge in [-0.1, -0.05) is 0 Å². The van der Waals surface area contributed by atoms with Crippen molar-refractivity contribution in [2.75, 3.05) is 0 Å². The van der Waals surface area contributed by atoms with Gasteiger partial charge in [0.15, 0.2) is 0 Å². The van der Waals surface area contributed by atoms with E-state index in [1.54, 1.807) is 10.8 Å². The molecule has 0 fully saturated rings. The van der Waals surface area contributed by atoms with Crippen LogP contribution >= 0.6 is 0 Å². The molecule has 0 N–H and O–H groups in total. The Bertz CT molecular complexity index is 743. The smallest absolute Gasteiger partial charge is 1.00 e. The van der Waals surface area contributed by atoms with Crippen molar-refractivity contribution in [3.63, 3.8) is 0 Å². The molecule has 0 nitrogen and oxygen atoms in total. The molecular formula is C22H25Cl3SiTi. The monoisotopic (exact) mass is 470 g/mol. The minimum absolute atomic E-state index is 0. The number of hydrogen-bond donors (Lipinski definition) is 0. The molecule has 5 heteroatoms. The van der Waals surface area contributed by atoms with Crippen LogP contribution in [0.25, 0.3) is 0 Å². The maximum Gasteiger partial charge on any atom is -1.00 e. The Kier molecular flexibility index (Phi) is 11.5. The Labute approximate surface area is 195 Å². The quantitative estimate of drug-likeness (QED) is 0.382. The minimum Gasteiger partial charge on any atom is -1.00 e. The number of benzene rings is 2. The van der Waals surface area contributed by atoms with Crippen molar-refractivity contribution < 1.29 is 57.7 Å².